The van der Waals surface area contributed by atoms with Gasteiger partial charge in [-0.25, -0.2) is 0 Å². The first-order valence-electron chi connectivity index (χ1n) is 3.77. The highest BCUT2D eigenvalue weighted by molar-refractivity contribution is 9.10. The highest BCUT2D eigenvalue weighted by Gasteiger charge is 2.02. The molecule has 0 saturated carbocycles. The number of aromatic nitrogens is 3. The fraction of sp³-hybridized carbons (Fsp3) is 0. The molecule has 0 aliphatic carbocycles. The van der Waals surface area contributed by atoms with Crippen LogP contribution < -0.4 is 0 Å². The van der Waals surface area contributed by atoms with E-state index in [-0.39, 0.29) is 0 Å². The van der Waals surface area contributed by atoms with E-state index in [1.54, 1.807) is 6.20 Å². The summed E-state index contributed by atoms with van der Waals surface area (Å²) < 4.78 is 1.01. The molecule has 1 aromatic carbocycles. The Labute approximate surface area is 84.0 Å². The molecular formula is C9H6BrN3. The summed E-state index contributed by atoms with van der Waals surface area (Å²) >= 11 is 3.44. The number of halogens is 1. The SMILES string of the molecule is Brc1ccccc1-c1ccnnn1. The Hall–Kier alpha value is -1.29. The van der Waals surface area contributed by atoms with Gasteiger partial charge in [-0.05, 0) is 17.3 Å². The van der Waals surface area contributed by atoms with Crippen LogP contribution in [-0.2, 0) is 0 Å². The van der Waals surface area contributed by atoms with Crippen molar-refractivity contribution in [1.82, 2.24) is 15.4 Å². The van der Waals surface area contributed by atoms with Gasteiger partial charge >= 0.3 is 0 Å². The van der Waals surface area contributed by atoms with E-state index in [2.05, 4.69) is 31.3 Å². The first-order chi connectivity index (χ1) is 6.38. The molecule has 64 valence electrons. The van der Waals surface area contributed by atoms with E-state index in [1.807, 2.05) is 30.3 Å². The average Bonchev–Trinajstić information content (AvgIpc) is 2.20. The van der Waals surface area contributed by atoms with Gasteiger partial charge in [-0.15, -0.1) is 10.2 Å². The number of benzene rings is 1. The zero-order valence-electron chi connectivity index (χ0n) is 6.68. The van der Waals surface area contributed by atoms with Gasteiger partial charge < -0.3 is 0 Å². The number of hydrogen-bond donors (Lipinski definition) is 0. The van der Waals surface area contributed by atoms with Crippen LogP contribution in [0.4, 0.5) is 0 Å². The highest BCUT2D eigenvalue weighted by atomic mass is 79.9. The van der Waals surface area contributed by atoms with Crippen molar-refractivity contribution >= 4 is 15.9 Å². The summed E-state index contributed by atoms with van der Waals surface area (Å²) in [6.45, 7) is 0. The second-order valence-electron chi connectivity index (χ2n) is 2.49. The van der Waals surface area contributed by atoms with Crippen molar-refractivity contribution in [2.75, 3.05) is 0 Å². The summed E-state index contributed by atoms with van der Waals surface area (Å²) in [5, 5.41) is 11.1. The highest BCUT2D eigenvalue weighted by Crippen LogP contribution is 2.24. The quantitative estimate of drug-likeness (QED) is 0.762. The second-order valence-corrected chi connectivity index (χ2v) is 3.34. The van der Waals surface area contributed by atoms with Crippen LogP contribution in [-0.4, -0.2) is 15.4 Å². The van der Waals surface area contributed by atoms with E-state index in [9.17, 15) is 0 Å². The van der Waals surface area contributed by atoms with E-state index in [0.717, 1.165) is 15.7 Å². The molecule has 13 heavy (non-hydrogen) atoms. The van der Waals surface area contributed by atoms with Gasteiger partial charge in [-0.2, -0.15) is 0 Å². The van der Waals surface area contributed by atoms with Gasteiger partial charge in [-0.1, -0.05) is 34.1 Å². The number of rotatable bonds is 1. The molecule has 0 radical (unpaired) electrons. The molecule has 0 aliphatic rings. The van der Waals surface area contributed by atoms with E-state index < -0.39 is 0 Å². The second kappa shape index (κ2) is 3.62. The van der Waals surface area contributed by atoms with Crippen LogP contribution in [0, 0.1) is 0 Å². The summed E-state index contributed by atoms with van der Waals surface area (Å²) in [7, 11) is 0. The zero-order valence-corrected chi connectivity index (χ0v) is 8.27. The third-order valence-electron chi connectivity index (χ3n) is 1.65. The van der Waals surface area contributed by atoms with E-state index in [4.69, 9.17) is 0 Å². The van der Waals surface area contributed by atoms with Crippen molar-refractivity contribution in [2.45, 2.75) is 0 Å². The molecule has 0 unspecified atom stereocenters. The fourth-order valence-corrected chi connectivity index (χ4v) is 1.54. The molecule has 0 amide bonds. The van der Waals surface area contributed by atoms with E-state index >= 15 is 0 Å². The lowest BCUT2D eigenvalue weighted by atomic mass is 10.1. The molecule has 2 aromatic rings. The molecule has 0 spiro atoms. The predicted octanol–water partition coefficient (Wildman–Crippen LogP) is 2.30. The Balaban J connectivity index is 2.54. The molecule has 0 aliphatic heterocycles. The molecule has 0 atom stereocenters. The lowest BCUT2D eigenvalue weighted by Crippen LogP contribution is -1.89. The third-order valence-corrected chi connectivity index (χ3v) is 2.34. The minimum absolute atomic E-state index is 0.822. The topological polar surface area (TPSA) is 38.7 Å². The summed E-state index contributed by atoms with van der Waals surface area (Å²) in [4.78, 5) is 0. The Kier molecular flexibility index (Phi) is 2.31. The van der Waals surface area contributed by atoms with Crippen molar-refractivity contribution in [2.24, 2.45) is 0 Å². The minimum atomic E-state index is 0.822. The van der Waals surface area contributed by atoms with E-state index in [1.165, 1.54) is 0 Å². The van der Waals surface area contributed by atoms with Crippen LogP contribution in [0.15, 0.2) is 41.0 Å². The Morgan fingerprint density at radius 3 is 2.62 bits per heavy atom. The van der Waals surface area contributed by atoms with Crippen LogP contribution in [0.3, 0.4) is 0 Å². The smallest absolute Gasteiger partial charge is 0.0974 e. The summed E-state index contributed by atoms with van der Waals surface area (Å²) in [5.41, 5.74) is 1.85. The minimum Gasteiger partial charge on any atom is -0.139 e. The lowest BCUT2D eigenvalue weighted by Gasteiger charge is -2.00. The molecule has 1 aromatic heterocycles. The summed E-state index contributed by atoms with van der Waals surface area (Å²) in [5.74, 6) is 0. The molecule has 0 saturated heterocycles. The monoisotopic (exact) mass is 235 g/mol. The first-order valence-corrected chi connectivity index (χ1v) is 4.56. The van der Waals surface area contributed by atoms with Gasteiger partial charge in [0.25, 0.3) is 0 Å². The van der Waals surface area contributed by atoms with E-state index in [0.29, 0.717) is 0 Å². The van der Waals surface area contributed by atoms with Crippen molar-refractivity contribution in [3.05, 3.63) is 41.0 Å². The Bertz CT molecular complexity index is 403. The molecular weight excluding hydrogens is 230 g/mol. The molecule has 3 nitrogen and oxygen atoms in total. The van der Waals surface area contributed by atoms with Crippen molar-refractivity contribution in [3.63, 3.8) is 0 Å². The van der Waals surface area contributed by atoms with Gasteiger partial charge in [-0.3, -0.25) is 0 Å². The fourth-order valence-electron chi connectivity index (χ4n) is 1.05. The van der Waals surface area contributed by atoms with Crippen molar-refractivity contribution in [3.8, 4) is 11.3 Å². The van der Waals surface area contributed by atoms with Crippen LogP contribution in [0.25, 0.3) is 11.3 Å². The largest absolute Gasteiger partial charge is 0.139 e. The van der Waals surface area contributed by atoms with Gasteiger partial charge in [0, 0.05) is 10.0 Å². The lowest BCUT2D eigenvalue weighted by molar-refractivity contribution is 0.870. The maximum Gasteiger partial charge on any atom is 0.0974 e. The molecule has 0 fully saturated rings. The van der Waals surface area contributed by atoms with Crippen molar-refractivity contribution < 1.29 is 0 Å². The molecule has 0 N–H and O–H groups in total. The van der Waals surface area contributed by atoms with Gasteiger partial charge in [0.05, 0.1) is 11.9 Å². The van der Waals surface area contributed by atoms with Crippen LogP contribution in [0.5, 0.6) is 0 Å². The molecule has 1 heterocycles. The standard InChI is InChI=1S/C9H6BrN3/c10-8-4-2-1-3-7(8)9-5-6-11-13-12-9/h1-6H. The Morgan fingerprint density at radius 1 is 1.08 bits per heavy atom. The number of hydrogen-bond acceptors (Lipinski definition) is 3. The maximum atomic E-state index is 3.92. The molecule has 2 rings (SSSR count). The predicted molar refractivity (Wildman–Crippen MR) is 53.0 cm³/mol. The Morgan fingerprint density at radius 2 is 1.92 bits per heavy atom. The van der Waals surface area contributed by atoms with Gasteiger partial charge in [0.15, 0.2) is 0 Å². The zero-order chi connectivity index (χ0) is 9.10. The maximum absolute atomic E-state index is 3.92. The van der Waals surface area contributed by atoms with Crippen LogP contribution in [0.1, 0.15) is 0 Å². The molecule has 4 heteroatoms. The van der Waals surface area contributed by atoms with Gasteiger partial charge in [0.1, 0.15) is 0 Å². The third kappa shape index (κ3) is 1.72. The number of nitrogens with zero attached hydrogens (tertiary/aromatic N) is 3. The summed E-state index contributed by atoms with van der Waals surface area (Å²) in [6.07, 6.45) is 1.63. The van der Waals surface area contributed by atoms with Crippen LogP contribution in [0.2, 0.25) is 0 Å². The normalized spacial score (nSPS) is 9.92. The first kappa shape index (κ1) is 8.31. The van der Waals surface area contributed by atoms with Crippen molar-refractivity contribution in [1.29, 1.82) is 0 Å². The van der Waals surface area contributed by atoms with Crippen LogP contribution >= 0.6 is 15.9 Å². The summed E-state index contributed by atoms with van der Waals surface area (Å²) in [6, 6.07) is 9.70. The van der Waals surface area contributed by atoms with Gasteiger partial charge in [0.2, 0.25) is 0 Å². The average molecular weight is 236 g/mol. The molecule has 0 bridgehead atoms.